The summed E-state index contributed by atoms with van der Waals surface area (Å²) in [5.41, 5.74) is 1.93. The average Bonchev–Trinajstić information content (AvgIpc) is 2.38. The van der Waals surface area contributed by atoms with Crippen molar-refractivity contribution in [3.8, 4) is 0 Å². The van der Waals surface area contributed by atoms with Crippen LogP contribution < -0.4 is 0 Å². The van der Waals surface area contributed by atoms with Crippen molar-refractivity contribution in [2.45, 2.75) is 45.6 Å². The van der Waals surface area contributed by atoms with Crippen LogP contribution in [0.25, 0.3) is 0 Å². The Hall–Kier alpha value is -1.15. The van der Waals surface area contributed by atoms with Crippen molar-refractivity contribution in [2.24, 2.45) is 5.92 Å². The van der Waals surface area contributed by atoms with Gasteiger partial charge in [0.15, 0.2) is 5.78 Å². The summed E-state index contributed by atoms with van der Waals surface area (Å²) < 4.78 is 5.79. The molecule has 0 aliphatic heterocycles. The molecule has 0 radical (unpaired) electrons. The fraction of sp³-hybridized carbons (Fsp3) is 0.562. The number of benzene rings is 1. The van der Waals surface area contributed by atoms with E-state index >= 15 is 0 Å². The molecule has 1 aromatic rings. The monoisotopic (exact) mass is 246 g/mol. The van der Waals surface area contributed by atoms with Crippen molar-refractivity contribution in [3.63, 3.8) is 0 Å². The van der Waals surface area contributed by atoms with Gasteiger partial charge in [-0.2, -0.15) is 0 Å². The van der Waals surface area contributed by atoms with Crippen LogP contribution in [0.3, 0.4) is 0 Å². The summed E-state index contributed by atoms with van der Waals surface area (Å²) in [5, 5.41) is 0. The summed E-state index contributed by atoms with van der Waals surface area (Å²) in [6.45, 7) is 4.46. The number of hydrogen-bond acceptors (Lipinski definition) is 2. The number of Topliss-reactive ketones (excluding diaryl/α,β-unsaturated/α-hetero) is 1. The summed E-state index contributed by atoms with van der Waals surface area (Å²) in [5.74, 6) is 0.678. The molecule has 1 fully saturated rings. The standard InChI is InChI=1S/C16H22O2/c1-12-7-9-14(10-8-12)15(17)11-18-16-6-4-3-5-13(16)2/h7-10,13,16H,3-6,11H2,1-2H3. The molecule has 18 heavy (non-hydrogen) atoms. The molecule has 0 aromatic heterocycles. The van der Waals surface area contributed by atoms with Crippen LogP contribution in [-0.4, -0.2) is 18.5 Å². The minimum Gasteiger partial charge on any atom is -0.370 e. The fourth-order valence-corrected chi connectivity index (χ4v) is 2.54. The molecule has 0 amide bonds. The van der Waals surface area contributed by atoms with Crippen molar-refractivity contribution in [3.05, 3.63) is 35.4 Å². The van der Waals surface area contributed by atoms with Crippen LogP contribution in [0.15, 0.2) is 24.3 Å². The highest BCUT2D eigenvalue weighted by Gasteiger charge is 2.22. The summed E-state index contributed by atoms with van der Waals surface area (Å²) >= 11 is 0. The number of ketones is 1. The lowest BCUT2D eigenvalue weighted by Gasteiger charge is -2.28. The van der Waals surface area contributed by atoms with Crippen molar-refractivity contribution >= 4 is 5.78 Å². The fourth-order valence-electron chi connectivity index (χ4n) is 2.54. The first-order valence-electron chi connectivity index (χ1n) is 6.88. The summed E-state index contributed by atoms with van der Waals surface area (Å²) in [4.78, 5) is 12.0. The molecule has 2 rings (SSSR count). The number of carbonyl (C=O) groups is 1. The molecular formula is C16H22O2. The molecule has 2 unspecified atom stereocenters. The van der Waals surface area contributed by atoms with Gasteiger partial charge in [0, 0.05) is 5.56 Å². The van der Waals surface area contributed by atoms with E-state index in [0.717, 1.165) is 12.0 Å². The smallest absolute Gasteiger partial charge is 0.188 e. The number of carbonyl (C=O) groups excluding carboxylic acids is 1. The Bertz CT molecular complexity index is 394. The molecule has 2 atom stereocenters. The predicted molar refractivity (Wildman–Crippen MR) is 72.9 cm³/mol. The lowest BCUT2D eigenvalue weighted by atomic mass is 9.88. The predicted octanol–water partition coefficient (Wildman–Crippen LogP) is 3.77. The van der Waals surface area contributed by atoms with Gasteiger partial charge < -0.3 is 4.74 Å². The van der Waals surface area contributed by atoms with E-state index in [2.05, 4.69) is 6.92 Å². The van der Waals surface area contributed by atoms with Gasteiger partial charge in [0.05, 0.1) is 6.10 Å². The van der Waals surface area contributed by atoms with Crippen molar-refractivity contribution < 1.29 is 9.53 Å². The number of ether oxygens (including phenoxy) is 1. The highest BCUT2D eigenvalue weighted by atomic mass is 16.5. The van der Waals surface area contributed by atoms with Crippen molar-refractivity contribution in [2.75, 3.05) is 6.61 Å². The quantitative estimate of drug-likeness (QED) is 0.756. The zero-order valence-electron chi connectivity index (χ0n) is 11.3. The topological polar surface area (TPSA) is 26.3 Å². The van der Waals surface area contributed by atoms with Gasteiger partial charge in [-0.05, 0) is 25.7 Å². The molecule has 1 saturated carbocycles. The lowest BCUT2D eigenvalue weighted by Crippen LogP contribution is -2.27. The Morgan fingerprint density at radius 3 is 2.56 bits per heavy atom. The van der Waals surface area contributed by atoms with Gasteiger partial charge in [-0.1, -0.05) is 49.6 Å². The largest absolute Gasteiger partial charge is 0.370 e. The van der Waals surface area contributed by atoms with Gasteiger partial charge in [-0.25, -0.2) is 0 Å². The van der Waals surface area contributed by atoms with Crippen LogP contribution >= 0.6 is 0 Å². The maximum atomic E-state index is 12.0. The van der Waals surface area contributed by atoms with Gasteiger partial charge in [0.2, 0.25) is 0 Å². The van der Waals surface area contributed by atoms with Gasteiger partial charge in [0.25, 0.3) is 0 Å². The van der Waals surface area contributed by atoms with Crippen molar-refractivity contribution in [1.82, 2.24) is 0 Å². The molecule has 0 spiro atoms. The Balaban J connectivity index is 1.86. The van der Waals surface area contributed by atoms with Gasteiger partial charge in [-0.3, -0.25) is 4.79 Å². The zero-order valence-corrected chi connectivity index (χ0v) is 11.3. The Kier molecular flexibility index (Phi) is 4.54. The second-order valence-electron chi connectivity index (χ2n) is 5.40. The van der Waals surface area contributed by atoms with E-state index in [1.54, 1.807) is 0 Å². The minimum absolute atomic E-state index is 0.0905. The summed E-state index contributed by atoms with van der Waals surface area (Å²) in [6.07, 6.45) is 5.13. The molecule has 0 bridgehead atoms. The number of hydrogen-bond donors (Lipinski definition) is 0. The molecule has 98 valence electrons. The third kappa shape index (κ3) is 3.42. The van der Waals surface area contributed by atoms with Crippen LogP contribution in [0.4, 0.5) is 0 Å². The molecule has 2 nitrogen and oxygen atoms in total. The summed E-state index contributed by atoms with van der Waals surface area (Å²) in [6, 6.07) is 7.70. The van der Waals surface area contributed by atoms with Crippen LogP contribution in [0.1, 0.15) is 48.5 Å². The molecule has 0 heterocycles. The van der Waals surface area contributed by atoms with Crippen LogP contribution in [0, 0.1) is 12.8 Å². The first kappa shape index (κ1) is 13.3. The molecule has 1 aromatic carbocycles. The van der Waals surface area contributed by atoms with E-state index in [-0.39, 0.29) is 18.5 Å². The average molecular weight is 246 g/mol. The SMILES string of the molecule is Cc1ccc(C(=O)COC2CCCCC2C)cc1. The molecular weight excluding hydrogens is 224 g/mol. The summed E-state index contributed by atoms with van der Waals surface area (Å²) in [7, 11) is 0. The molecule has 1 aliphatic carbocycles. The molecule has 0 saturated heterocycles. The van der Waals surface area contributed by atoms with Gasteiger partial charge in [-0.15, -0.1) is 0 Å². The van der Waals surface area contributed by atoms with E-state index in [1.807, 2.05) is 31.2 Å². The van der Waals surface area contributed by atoms with E-state index < -0.39 is 0 Å². The minimum atomic E-state index is 0.0905. The van der Waals surface area contributed by atoms with Gasteiger partial charge in [0.1, 0.15) is 6.61 Å². The highest BCUT2D eigenvalue weighted by molar-refractivity contribution is 5.97. The first-order valence-corrected chi connectivity index (χ1v) is 6.88. The molecule has 2 heteroatoms. The Morgan fingerprint density at radius 1 is 1.22 bits per heavy atom. The van der Waals surface area contributed by atoms with E-state index in [0.29, 0.717) is 5.92 Å². The van der Waals surface area contributed by atoms with Crippen LogP contribution in [0.5, 0.6) is 0 Å². The number of aryl methyl sites for hydroxylation is 1. The normalized spacial score (nSPS) is 23.9. The second kappa shape index (κ2) is 6.14. The Labute approximate surface area is 109 Å². The second-order valence-corrected chi connectivity index (χ2v) is 5.40. The third-order valence-corrected chi connectivity index (χ3v) is 3.83. The zero-order chi connectivity index (χ0) is 13.0. The maximum absolute atomic E-state index is 12.0. The van der Waals surface area contributed by atoms with Gasteiger partial charge >= 0.3 is 0 Å². The molecule has 1 aliphatic rings. The van der Waals surface area contributed by atoms with E-state index in [1.165, 1.54) is 24.8 Å². The first-order chi connectivity index (χ1) is 8.66. The maximum Gasteiger partial charge on any atom is 0.188 e. The van der Waals surface area contributed by atoms with Crippen molar-refractivity contribution in [1.29, 1.82) is 0 Å². The lowest BCUT2D eigenvalue weighted by molar-refractivity contribution is 0.000749. The van der Waals surface area contributed by atoms with E-state index in [9.17, 15) is 4.79 Å². The van der Waals surface area contributed by atoms with Crippen LogP contribution in [-0.2, 0) is 4.74 Å². The highest BCUT2D eigenvalue weighted by Crippen LogP contribution is 2.26. The number of rotatable bonds is 4. The molecule has 0 N–H and O–H groups in total. The Morgan fingerprint density at radius 2 is 1.89 bits per heavy atom. The third-order valence-electron chi connectivity index (χ3n) is 3.83. The van der Waals surface area contributed by atoms with Crippen LogP contribution in [0.2, 0.25) is 0 Å². The van der Waals surface area contributed by atoms with E-state index in [4.69, 9.17) is 4.74 Å².